The van der Waals surface area contributed by atoms with E-state index in [0.29, 0.717) is 36.7 Å². The summed E-state index contributed by atoms with van der Waals surface area (Å²) in [5, 5.41) is 25.2. The third-order valence-electron chi connectivity index (χ3n) is 6.14. The van der Waals surface area contributed by atoms with E-state index in [1.165, 1.54) is 0 Å². The van der Waals surface area contributed by atoms with Crippen molar-refractivity contribution in [2.45, 2.75) is 57.7 Å². The number of para-hydroxylation sites is 1. The molecule has 0 bridgehead atoms. The molecule has 4 atom stereocenters. The maximum atomic E-state index is 13.0. The summed E-state index contributed by atoms with van der Waals surface area (Å²) >= 11 is 0. The maximum absolute atomic E-state index is 13.0. The zero-order valence-corrected chi connectivity index (χ0v) is 16.0. The van der Waals surface area contributed by atoms with Gasteiger partial charge in [-0.1, -0.05) is 45.4 Å². The Morgan fingerprint density at radius 1 is 1.31 bits per heavy atom. The number of rotatable bonds is 4. The number of carbonyl (C=O) groups is 1. The quantitative estimate of drug-likeness (QED) is 0.770. The highest BCUT2D eigenvalue weighted by molar-refractivity contribution is 5.85. The normalized spacial score (nSPS) is 34.1. The first kappa shape index (κ1) is 19.2. The second-order valence-corrected chi connectivity index (χ2v) is 8.47. The molecule has 1 aromatic rings. The van der Waals surface area contributed by atoms with E-state index < -0.39 is 11.2 Å². The molecule has 1 aliphatic heterocycles. The summed E-state index contributed by atoms with van der Waals surface area (Å²) in [6, 6.07) is 7.37. The molecule has 0 spiro atoms. The summed E-state index contributed by atoms with van der Waals surface area (Å²) < 4.78 is 5.60. The van der Waals surface area contributed by atoms with Crippen LogP contribution in [0.3, 0.4) is 0 Å². The van der Waals surface area contributed by atoms with Crippen molar-refractivity contribution in [2.24, 2.45) is 17.8 Å². The Hall–Kier alpha value is -1.59. The molecule has 1 amide bonds. The minimum Gasteiger partial charge on any atom is -0.493 e. The smallest absolute Gasteiger partial charge is 0.252 e. The molecule has 1 saturated carbocycles. The third kappa shape index (κ3) is 3.47. The average molecular weight is 361 g/mol. The van der Waals surface area contributed by atoms with E-state index in [4.69, 9.17) is 4.74 Å². The Balaban J connectivity index is 1.76. The van der Waals surface area contributed by atoms with E-state index in [9.17, 15) is 15.0 Å². The highest BCUT2D eigenvalue weighted by atomic mass is 16.5. The Labute approximate surface area is 155 Å². The van der Waals surface area contributed by atoms with Gasteiger partial charge in [-0.25, -0.2) is 0 Å². The van der Waals surface area contributed by atoms with Crippen LogP contribution in [0.1, 0.15) is 52.0 Å². The van der Waals surface area contributed by atoms with Crippen LogP contribution in [0.2, 0.25) is 0 Å². The van der Waals surface area contributed by atoms with Crippen LogP contribution in [0.4, 0.5) is 0 Å². The molecule has 4 unspecified atom stereocenters. The lowest BCUT2D eigenvalue weighted by Gasteiger charge is -2.44. The molecule has 0 aromatic heterocycles. The molecule has 1 aliphatic carbocycles. The molecule has 3 rings (SSSR count). The van der Waals surface area contributed by atoms with Gasteiger partial charge in [0.2, 0.25) is 0 Å². The molecule has 26 heavy (non-hydrogen) atoms. The summed E-state index contributed by atoms with van der Waals surface area (Å²) in [6.45, 7) is 6.67. The molecular weight excluding hydrogens is 330 g/mol. The van der Waals surface area contributed by atoms with Crippen molar-refractivity contribution in [3.05, 3.63) is 29.8 Å². The fourth-order valence-corrected chi connectivity index (χ4v) is 4.64. The topological polar surface area (TPSA) is 78.8 Å². The van der Waals surface area contributed by atoms with Gasteiger partial charge in [-0.15, -0.1) is 0 Å². The van der Waals surface area contributed by atoms with E-state index in [-0.39, 0.29) is 24.3 Å². The average Bonchev–Trinajstić information content (AvgIpc) is 2.60. The summed E-state index contributed by atoms with van der Waals surface area (Å²) in [4.78, 5) is 13.0. The fourth-order valence-electron chi connectivity index (χ4n) is 4.64. The number of benzene rings is 1. The van der Waals surface area contributed by atoms with E-state index in [2.05, 4.69) is 26.1 Å². The Morgan fingerprint density at radius 2 is 2.04 bits per heavy atom. The van der Waals surface area contributed by atoms with Crippen molar-refractivity contribution in [2.75, 3.05) is 13.2 Å². The van der Waals surface area contributed by atoms with Crippen molar-refractivity contribution in [3.63, 3.8) is 0 Å². The zero-order chi connectivity index (χ0) is 18.9. The van der Waals surface area contributed by atoms with Gasteiger partial charge in [0.15, 0.2) is 0 Å². The first-order valence-corrected chi connectivity index (χ1v) is 9.71. The van der Waals surface area contributed by atoms with Crippen molar-refractivity contribution in [3.8, 4) is 5.75 Å². The van der Waals surface area contributed by atoms with E-state index in [1.807, 2.05) is 24.3 Å². The SMILES string of the molecule is CC1CCC(C(C)C)C(O)(C(=O)NCC2(O)CCOc3ccccc32)C1. The fraction of sp³-hybridized carbons (Fsp3) is 0.667. The maximum Gasteiger partial charge on any atom is 0.252 e. The number of nitrogens with one attached hydrogen (secondary N) is 1. The van der Waals surface area contributed by atoms with Gasteiger partial charge in [0.1, 0.15) is 17.0 Å². The molecule has 0 saturated heterocycles. The number of carbonyl (C=O) groups excluding carboxylic acids is 1. The molecule has 3 N–H and O–H groups in total. The van der Waals surface area contributed by atoms with Gasteiger partial charge in [0.05, 0.1) is 13.2 Å². The molecule has 1 heterocycles. The lowest BCUT2D eigenvalue weighted by atomic mass is 9.66. The van der Waals surface area contributed by atoms with Crippen LogP contribution in [0, 0.1) is 17.8 Å². The summed E-state index contributed by atoms with van der Waals surface area (Å²) in [6.07, 6.45) is 2.77. The molecule has 144 valence electrons. The summed E-state index contributed by atoms with van der Waals surface area (Å²) in [5.41, 5.74) is -1.85. The minimum atomic E-state index is -1.37. The van der Waals surface area contributed by atoms with E-state index in [1.54, 1.807) is 0 Å². The molecule has 1 aromatic carbocycles. The number of aliphatic hydroxyl groups is 2. The first-order valence-electron chi connectivity index (χ1n) is 9.71. The lowest BCUT2D eigenvalue weighted by Crippen LogP contribution is -2.58. The van der Waals surface area contributed by atoms with Gasteiger partial charge in [0.25, 0.3) is 5.91 Å². The molecular formula is C21H31NO4. The number of fused-ring (bicyclic) bond motifs is 1. The van der Waals surface area contributed by atoms with Crippen LogP contribution in [0.25, 0.3) is 0 Å². The lowest BCUT2D eigenvalue weighted by molar-refractivity contribution is -0.157. The Kier molecular flexibility index (Phi) is 5.31. The van der Waals surface area contributed by atoms with Gasteiger partial charge < -0.3 is 20.3 Å². The number of ether oxygens (including phenoxy) is 1. The van der Waals surface area contributed by atoms with E-state index in [0.717, 1.165) is 12.8 Å². The number of hydrogen-bond donors (Lipinski definition) is 3. The van der Waals surface area contributed by atoms with Gasteiger partial charge in [-0.2, -0.15) is 0 Å². The van der Waals surface area contributed by atoms with Gasteiger partial charge in [-0.05, 0) is 36.7 Å². The van der Waals surface area contributed by atoms with Crippen LogP contribution >= 0.6 is 0 Å². The second kappa shape index (κ2) is 7.20. The standard InChI is InChI=1S/C21H31NO4/c1-14(2)16-9-8-15(3)12-21(16,25)19(23)22-13-20(24)10-11-26-18-7-5-4-6-17(18)20/h4-7,14-16,24-25H,8-13H2,1-3H3,(H,22,23). The van der Waals surface area contributed by atoms with E-state index >= 15 is 0 Å². The second-order valence-electron chi connectivity index (χ2n) is 8.47. The van der Waals surface area contributed by atoms with Gasteiger partial charge >= 0.3 is 0 Å². The predicted octanol–water partition coefficient (Wildman–Crippen LogP) is 2.60. The Morgan fingerprint density at radius 3 is 2.77 bits per heavy atom. The molecule has 2 aliphatic rings. The third-order valence-corrected chi connectivity index (χ3v) is 6.14. The molecule has 5 heteroatoms. The molecule has 1 fully saturated rings. The molecule has 0 radical (unpaired) electrons. The van der Waals surface area contributed by atoms with Crippen molar-refractivity contribution >= 4 is 5.91 Å². The Bertz CT molecular complexity index is 661. The van der Waals surface area contributed by atoms with Gasteiger partial charge in [-0.3, -0.25) is 4.79 Å². The largest absolute Gasteiger partial charge is 0.493 e. The minimum absolute atomic E-state index is 0.0599. The van der Waals surface area contributed by atoms with Crippen LogP contribution in [-0.4, -0.2) is 34.9 Å². The van der Waals surface area contributed by atoms with Crippen molar-refractivity contribution in [1.29, 1.82) is 0 Å². The van der Waals surface area contributed by atoms with Crippen LogP contribution in [0.5, 0.6) is 5.75 Å². The zero-order valence-electron chi connectivity index (χ0n) is 16.0. The summed E-state index contributed by atoms with van der Waals surface area (Å²) in [5.74, 6) is 0.772. The predicted molar refractivity (Wildman–Crippen MR) is 99.8 cm³/mol. The molecule has 5 nitrogen and oxygen atoms in total. The van der Waals surface area contributed by atoms with Crippen LogP contribution in [-0.2, 0) is 10.4 Å². The van der Waals surface area contributed by atoms with Crippen LogP contribution in [0.15, 0.2) is 24.3 Å². The van der Waals surface area contributed by atoms with Crippen molar-refractivity contribution < 1.29 is 19.7 Å². The van der Waals surface area contributed by atoms with Crippen LogP contribution < -0.4 is 10.1 Å². The summed E-state index contributed by atoms with van der Waals surface area (Å²) in [7, 11) is 0. The number of amides is 1. The number of hydrogen-bond acceptors (Lipinski definition) is 4. The monoisotopic (exact) mass is 361 g/mol. The highest BCUT2D eigenvalue weighted by Crippen LogP contribution is 2.42. The first-order chi connectivity index (χ1) is 12.3. The van der Waals surface area contributed by atoms with Crippen molar-refractivity contribution in [1.82, 2.24) is 5.32 Å². The highest BCUT2D eigenvalue weighted by Gasteiger charge is 2.49. The van der Waals surface area contributed by atoms with Gasteiger partial charge in [0, 0.05) is 12.0 Å².